The predicted molar refractivity (Wildman–Crippen MR) is 129 cm³/mol. The van der Waals surface area contributed by atoms with Crippen molar-refractivity contribution in [1.82, 2.24) is 9.47 Å². The molecule has 5 rings (SSSR count). The molecule has 2 aromatic rings. The molecule has 0 bridgehead atoms. The second kappa shape index (κ2) is 10.2. The first-order valence-corrected chi connectivity index (χ1v) is 12.8. The molecule has 2 aliphatic carbocycles. The zero-order valence-electron chi connectivity index (χ0n) is 20.0. The van der Waals surface area contributed by atoms with Crippen LogP contribution in [0, 0.1) is 5.82 Å². The van der Waals surface area contributed by atoms with Gasteiger partial charge in [0.1, 0.15) is 17.7 Å². The molecular weight excluding hydrogens is 456 g/mol. The molecule has 3 N–H and O–H groups in total. The van der Waals surface area contributed by atoms with Crippen LogP contribution < -0.4 is 9.64 Å². The second-order valence-electron chi connectivity index (χ2n) is 10.1. The van der Waals surface area contributed by atoms with Crippen LogP contribution in [0.4, 0.5) is 14.5 Å². The van der Waals surface area contributed by atoms with Gasteiger partial charge in [-0.05, 0) is 50.8 Å². The quantitative estimate of drug-likeness (QED) is 0.551. The van der Waals surface area contributed by atoms with Crippen LogP contribution in [0.15, 0.2) is 18.2 Å². The van der Waals surface area contributed by atoms with Gasteiger partial charge in [0.05, 0.1) is 17.9 Å². The van der Waals surface area contributed by atoms with Gasteiger partial charge in [-0.2, -0.15) is 0 Å². The average molecular weight is 492 g/mol. The molecule has 0 spiro atoms. The number of nitrogens with zero attached hydrogens (tertiary/aromatic N) is 3. The van der Waals surface area contributed by atoms with Crippen molar-refractivity contribution in [3.63, 3.8) is 0 Å². The Morgan fingerprint density at radius 1 is 0.943 bits per heavy atom. The number of halogens is 2. The van der Waals surface area contributed by atoms with Gasteiger partial charge < -0.3 is 25.0 Å². The van der Waals surface area contributed by atoms with Crippen molar-refractivity contribution in [1.29, 1.82) is 0 Å². The van der Waals surface area contributed by atoms with Gasteiger partial charge in [-0.3, -0.25) is 9.47 Å². The van der Waals surface area contributed by atoms with Crippen LogP contribution in [-0.4, -0.2) is 75.9 Å². The van der Waals surface area contributed by atoms with Gasteiger partial charge in [0.25, 0.3) is 0 Å². The number of aromatic nitrogens is 1. The Morgan fingerprint density at radius 2 is 1.63 bits per heavy atom. The number of anilines is 1. The maximum atomic E-state index is 14.0. The van der Waals surface area contributed by atoms with E-state index >= 15 is 0 Å². The summed E-state index contributed by atoms with van der Waals surface area (Å²) in [6.45, 7) is 4.33. The molecule has 2 fully saturated rings. The summed E-state index contributed by atoms with van der Waals surface area (Å²) in [5.41, 5.74) is 1.67. The fraction of sp³-hybridized carbons (Fsp3) is 0.615. The van der Waals surface area contributed by atoms with Crippen molar-refractivity contribution in [2.24, 2.45) is 0 Å². The number of alkyl halides is 1. The second-order valence-corrected chi connectivity index (χ2v) is 10.1. The van der Waals surface area contributed by atoms with E-state index in [9.17, 15) is 24.1 Å². The minimum Gasteiger partial charge on any atom is -0.494 e. The molecule has 7 nitrogen and oxygen atoms in total. The van der Waals surface area contributed by atoms with Gasteiger partial charge in [0.15, 0.2) is 11.8 Å². The predicted octanol–water partition coefficient (Wildman–Crippen LogP) is 3.37. The monoisotopic (exact) mass is 491 g/mol. The van der Waals surface area contributed by atoms with Crippen LogP contribution in [0.1, 0.15) is 43.2 Å². The van der Waals surface area contributed by atoms with Crippen LogP contribution in [-0.2, 0) is 19.4 Å². The van der Waals surface area contributed by atoms with Crippen LogP contribution >= 0.6 is 0 Å². The minimum atomic E-state index is -1.43. The number of aliphatic hydroxyl groups excluding tert-OH is 1. The first kappa shape index (κ1) is 24.2. The van der Waals surface area contributed by atoms with Crippen molar-refractivity contribution in [3.8, 4) is 17.5 Å². The zero-order valence-corrected chi connectivity index (χ0v) is 20.0. The van der Waals surface area contributed by atoms with Gasteiger partial charge in [-0.15, -0.1) is 0 Å². The molecule has 35 heavy (non-hydrogen) atoms. The highest BCUT2D eigenvalue weighted by atomic mass is 19.1. The third-order valence-corrected chi connectivity index (χ3v) is 7.73. The van der Waals surface area contributed by atoms with Crippen LogP contribution in [0.2, 0.25) is 0 Å². The Balaban J connectivity index is 1.15. The van der Waals surface area contributed by atoms with E-state index in [1.807, 2.05) is 0 Å². The van der Waals surface area contributed by atoms with Gasteiger partial charge in [-0.25, -0.2) is 8.78 Å². The molecule has 9 heteroatoms. The summed E-state index contributed by atoms with van der Waals surface area (Å²) in [7, 11) is 0. The summed E-state index contributed by atoms with van der Waals surface area (Å²) in [5.74, 6) is 0.323. The zero-order chi connectivity index (χ0) is 24.5. The molecule has 0 radical (unpaired) electrons. The van der Waals surface area contributed by atoms with Crippen LogP contribution in [0.25, 0.3) is 0 Å². The van der Waals surface area contributed by atoms with Crippen molar-refractivity contribution in [2.45, 2.75) is 69.9 Å². The van der Waals surface area contributed by atoms with Gasteiger partial charge in [-0.1, -0.05) is 0 Å². The lowest BCUT2D eigenvalue weighted by molar-refractivity contribution is 0.0700. The smallest absolute Gasteiger partial charge is 0.197 e. The summed E-state index contributed by atoms with van der Waals surface area (Å²) in [5, 5.41) is 30.8. The largest absolute Gasteiger partial charge is 0.494 e. The summed E-state index contributed by atoms with van der Waals surface area (Å²) in [4.78, 5) is 4.49. The fourth-order valence-corrected chi connectivity index (χ4v) is 5.69. The molecule has 2 heterocycles. The van der Waals surface area contributed by atoms with E-state index < -0.39 is 12.3 Å². The number of ether oxygens (including phenoxy) is 1. The van der Waals surface area contributed by atoms with E-state index in [0.717, 1.165) is 57.0 Å². The molecule has 192 valence electrons. The fourth-order valence-electron chi connectivity index (χ4n) is 5.69. The Morgan fingerprint density at radius 3 is 2.34 bits per heavy atom. The third kappa shape index (κ3) is 5.07. The third-order valence-electron chi connectivity index (χ3n) is 7.73. The molecule has 1 aromatic carbocycles. The Labute approximate surface area is 204 Å². The van der Waals surface area contributed by atoms with Gasteiger partial charge in [0.2, 0.25) is 0 Å². The van der Waals surface area contributed by atoms with Crippen LogP contribution in [0.5, 0.6) is 17.5 Å². The van der Waals surface area contributed by atoms with Gasteiger partial charge >= 0.3 is 0 Å². The Hall–Kier alpha value is -2.52. The van der Waals surface area contributed by atoms with Gasteiger partial charge in [0, 0.05) is 62.8 Å². The summed E-state index contributed by atoms with van der Waals surface area (Å²) in [6, 6.07) is 4.77. The molecule has 1 saturated carbocycles. The highest BCUT2D eigenvalue weighted by Gasteiger charge is 2.34. The first-order chi connectivity index (χ1) is 16.9. The standard InChI is InChI=1S/C26H35F2N3O4/c27-17-6-7-24(35-18-4-1-2-5-18)22(14-17)30-12-10-29(11-13-30)8-3-9-31-25(33)19-15-21(28)23(32)16-20(19)26(31)34/h6-7,14,18,21,23,32-34H,1-5,8-13,15-16H2. The van der Waals surface area contributed by atoms with E-state index in [2.05, 4.69) is 9.80 Å². The maximum Gasteiger partial charge on any atom is 0.197 e. The number of fused-ring (bicyclic) bond motifs is 1. The number of rotatable bonds is 7. The van der Waals surface area contributed by atoms with Crippen molar-refractivity contribution >= 4 is 5.69 Å². The van der Waals surface area contributed by atoms with E-state index in [-0.39, 0.29) is 36.5 Å². The number of hydrogen-bond acceptors (Lipinski definition) is 6. The lowest BCUT2D eigenvalue weighted by Gasteiger charge is -2.37. The maximum absolute atomic E-state index is 14.0. The minimum absolute atomic E-state index is 0.0113. The van der Waals surface area contributed by atoms with E-state index in [1.54, 1.807) is 12.1 Å². The lowest BCUT2D eigenvalue weighted by atomic mass is 9.91. The molecule has 1 aliphatic heterocycles. The van der Waals surface area contributed by atoms with Crippen molar-refractivity contribution in [2.75, 3.05) is 37.6 Å². The normalized spacial score (nSPS) is 23.6. The van der Waals surface area contributed by atoms with Crippen molar-refractivity contribution < 1.29 is 28.8 Å². The molecule has 2 unspecified atom stereocenters. The molecule has 3 aliphatic rings. The molecule has 1 aromatic heterocycles. The molecule has 0 amide bonds. The van der Waals surface area contributed by atoms with Crippen LogP contribution in [0.3, 0.4) is 0 Å². The number of piperazine rings is 1. The summed E-state index contributed by atoms with van der Waals surface area (Å²) < 4.78 is 35.6. The average Bonchev–Trinajstić information content (AvgIpc) is 3.44. The van der Waals surface area contributed by atoms with E-state index in [4.69, 9.17) is 4.74 Å². The van der Waals surface area contributed by atoms with Crippen molar-refractivity contribution in [3.05, 3.63) is 35.1 Å². The molecular formula is C26H35F2N3O4. The SMILES string of the molecule is Oc1c2c(c(O)n1CCCN1CCN(c3cc(F)ccc3OC3CCCC3)CC1)CC(F)C(O)C2. The number of aliphatic hydroxyl groups is 1. The molecule has 2 atom stereocenters. The molecule has 1 saturated heterocycles. The number of aromatic hydroxyl groups is 2. The highest BCUT2D eigenvalue weighted by Crippen LogP contribution is 2.40. The topological polar surface area (TPSA) is 81.3 Å². The lowest BCUT2D eigenvalue weighted by Crippen LogP contribution is -2.47. The Bertz CT molecular complexity index is 999. The Kier molecular flexibility index (Phi) is 7.07. The summed E-state index contributed by atoms with van der Waals surface area (Å²) in [6.07, 6.45) is 2.72. The number of hydrogen-bond donors (Lipinski definition) is 3. The summed E-state index contributed by atoms with van der Waals surface area (Å²) >= 11 is 0. The van der Waals surface area contributed by atoms with E-state index in [0.29, 0.717) is 24.1 Å². The first-order valence-electron chi connectivity index (χ1n) is 12.8. The number of benzene rings is 1. The highest BCUT2D eigenvalue weighted by molar-refractivity contribution is 5.59. The van der Waals surface area contributed by atoms with E-state index in [1.165, 1.54) is 23.5 Å².